The van der Waals surface area contributed by atoms with Crippen LogP contribution in [0.15, 0.2) is 97.1 Å². The number of hydrogen-bond acceptors (Lipinski definition) is 4. The molecule has 4 aromatic carbocycles. The van der Waals surface area contributed by atoms with Crippen LogP contribution in [-0.4, -0.2) is 29.8 Å². The molecule has 0 aromatic heterocycles. The summed E-state index contributed by atoms with van der Waals surface area (Å²) in [6.45, 7) is 0.110. The highest BCUT2D eigenvalue weighted by atomic mass is 16.5. The fourth-order valence-electron chi connectivity index (χ4n) is 4.87. The molecule has 0 saturated carbocycles. The molecule has 0 fully saturated rings. The lowest BCUT2D eigenvalue weighted by atomic mass is 9.97. The quantitative estimate of drug-likeness (QED) is 0.345. The number of rotatable bonds is 7. The summed E-state index contributed by atoms with van der Waals surface area (Å²) in [7, 11) is 0. The summed E-state index contributed by atoms with van der Waals surface area (Å²) in [5.41, 5.74) is 7.39. The molecule has 0 unspecified atom stereocenters. The molecular weight excluding hydrogens is 464 g/mol. The van der Waals surface area contributed by atoms with E-state index in [2.05, 4.69) is 23.5 Å². The third-order valence-electron chi connectivity index (χ3n) is 6.69. The molecule has 0 spiro atoms. The molecule has 0 radical (unpaired) electrons. The van der Waals surface area contributed by atoms with Crippen molar-refractivity contribution in [3.8, 4) is 28.3 Å². The van der Waals surface area contributed by atoms with Crippen LogP contribution in [0.25, 0.3) is 22.3 Å². The van der Waals surface area contributed by atoms with Gasteiger partial charge < -0.3 is 15.2 Å². The minimum atomic E-state index is -1.15. The molecule has 6 heteroatoms. The minimum Gasteiger partial charge on any atom is -0.480 e. The van der Waals surface area contributed by atoms with E-state index in [9.17, 15) is 20.0 Å². The Hall–Kier alpha value is -4.89. The predicted molar refractivity (Wildman–Crippen MR) is 140 cm³/mol. The smallest absolute Gasteiger partial charge is 0.407 e. The third-order valence-corrected chi connectivity index (χ3v) is 6.69. The van der Waals surface area contributed by atoms with Crippen molar-refractivity contribution in [3.63, 3.8) is 0 Å². The second kappa shape index (κ2) is 10.4. The highest BCUT2D eigenvalue weighted by Crippen LogP contribution is 2.44. The van der Waals surface area contributed by atoms with Gasteiger partial charge >= 0.3 is 12.1 Å². The number of nitrogens with zero attached hydrogens (tertiary/aromatic N) is 1. The average molecular weight is 489 g/mol. The maximum atomic E-state index is 12.6. The van der Waals surface area contributed by atoms with Gasteiger partial charge in [0.1, 0.15) is 12.6 Å². The molecule has 1 amide bonds. The Balaban J connectivity index is 1.24. The first kappa shape index (κ1) is 23.8. The molecule has 1 aliphatic carbocycles. The van der Waals surface area contributed by atoms with Crippen LogP contribution >= 0.6 is 0 Å². The van der Waals surface area contributed by atoms with E-state index in [-0.39, 0.29) is 18.9 Å². The Bertz CT molecular complexity index is 1460. The van der Waals surface area contributed by atoms with Crippen LogP contribution in [0.2, 0.25) is 0 Å². The molecule has 37 heavy (non-hydrogen) atoms. The van der Waals surface area contributed by atoms with Gasteiger partial charge in [-0.05, 0) is 45.0 Å². The molecule has 1 atom stereocenters. The number of fused-ring (bicyclic) bond motifs is 3. The Morgan fingerprint density at radius 2 is 1.41 bits per heavy atom. The van der Waals surface area contributed by atoms with Crippen molar-refractivity contribution in [1.29, 1.82) is 5.26 Å². The van der Waals surface area contributed by atoms with Gasteiger partial charge in [-0.1, -0.05) is 91.0 Å². The Labute approximate surface area is 214 Å². The summed E-state index contributed by atoms with van der Waals surface area (Å²) in [6, 6.07) is 31.7. The maximum Gasteiger partial charge on any atom is 0.407 e. The zero-order chi connectivity index (χ0) is 25.8. The van der Waals surface area contributed by atoms with Gasteiger partial charge in [-0.3, -0.25) is 0 Å². The van der Waals surface area contributed by atoms with E-state index in [4.69, 9.17) is 4.74 Å². The van der Waals surface area contributed by atoms with Crippen molar-refractivity contribution >= 4 is 12.1 Å². The Morgan fingerprint density at radius 1 is 0.838 bits per heavy atom. The van der Waals surface area contributed by atoms with Crippen LogP contribution < -0.4 is 5.32 Å². The van der Waals surface area contributed by atoms with Gasteiger partial charge in [0.2, 0.25) is 0 Å². The first-order valence-electron chi connectivity index (χ1n) is 12.0. The number of aliphatic carboxylic acids is 1. The zero-order valence-electron chi connectivity index (χ0n) is 19.9. The molecule has 182 valence electrons. The SMILES string of the molecule is N#Cc1ccccc1-c1ccc(C[C@H](NC(=O)OCC2c3ccccc3-c3ccccc32)C(=O)O)cc1. The van der Waals surface area contributed by atoms with Gasteiger partial charge in [0.25, 0.3) is 0 Å². The lowest BCUT2D eigenvalue weighted by molar-refractivity contribution is -0.139. The van der Waals surface area contributed by atoms with Crippen LogP contribution in [-0.2, 0) is 16.0 Å². The normalized spacial score (nSPS) is 12.6. The highest BCUT2D eigenvalue weighted by Gasteiger charge is 2.29. The lowest BCUT2D eigenvalue weighted by Crippen LogP contribution is -2.42. The number of carbonyl (C=O) groups excluding carboxylic acids is 1. The second-order valence-corrected chi connectivity index (χ2v) is 8.92. The summed E-state index contributed by atoms with van der Waals surface area (Å²) in [5, 5.41) is 21.6. The standard InChI is InChI=1S/C31H24N2O4/c32-18-22-7-1-2-8-23(22)21-15-13-20(14-16-21)17-29(30(34)35)33-31(36)37-19-28-26-11-5-3-9-24(26)25-10-4-6-12-27(25)28/h1-16,28-29H,17,19H2,(H,33,36)(H,34,35)/t29-/m0/s1. The Morgan fingerprint density at radius 3 is 2.00 bits per heavy atom. The van der Waals surface area contributed by atoms with E-state index in [0.717, 1.165) is 38.9 Å². The second-order valence-electron chi connectivity index (χ2n) is 8.92. The molecule has 0 aliphatic heterocycles. The van der Waals surface area contributed by atoms with E-state index < -0.39 is 18.1 Å². The first-order valence-corrected chi connectivity index (χ1v) is 12.0. The number of carbonyl (C=O) groups is 2. The van der Waals surface area contributed by atoms with E-state index in [0.29, 0.717) is 5.56 Å². The first-order chi connectivity index (χ1) is 18.0. The van der Waals surface area contributed by atoms with Crippen LogP contribution in [0.1, 0.15) is 28.2 Å². The number of carboxylic acids is 1. The third kappa shape index (κ3) is 4.93. The molecule has 0 heterocycles. The van der Waals surface area contributed by atoms with Gasteiger partial charge in [-0.2, -0.15) is 5.26 Å². The van der Waals surface area contributed by atoms with Crippen LogP contribution in [0, 0.1) is 11.3 Å². The monoisotopic (exact) mass is 488 g/mol. The fraction of sp³-hybridized carbons (Fsp3) is 0.129. The fourth-order valence-corrected chi connectivity index (χ4v) is 4.87. The molecular formula is C31H24N2O4. The van der Waals surface area contributed by atoms with Crippen LogP contribution in [0.4, 0.5) is 4.79 Å². The molecule has 1 aliphatic rings. The van der Waals surface area contributed by atoms with Gasteiger partial charge in [-0.15, -0.1) is 0 Å². The number of benzene rings is 4. The summed E-state index contributed by atoms with van der Waals surface area (Å²) in [6.07, 6.45) is -0.673. The van der Waals surface area contributed by atoms with Crippen molar-refractivity contribution in [2.24, 2.45) is 0 Å². The number of nitriles is 1. The lowest BCUT2D eigenvalue weighted by Gasteiger charge is -2.18. The maximum absolute atomic E-state index is 12.6. The van der Waals surface area contributed by atoms with Crippen LogP contribution in [0.3, 0.4) is 0 Å². The molecule has 0 saturated heterocycles. The summed E-state index contributed by atoms with van der Waals surface area (Å²) < 4.78 is 5.52. The molecule has 5 rings (SSSR count). The van der Waals surface area contributed by atoms with Crippen LogP contribution in [0.5, 0.6) is 0 Å². The largest absolute Gasteiger partial charge is 0.480 e. The van der Waals surface area contributed by atoms with Crippen molar-refractivity contribution in [3.05, 3.63) is 119 Å². The van der Waals surface area contributed by atoms with Gasteiger partial charge in [0.15, 0.2) is 0 Å². The molecule has 2 N–H and O–H groups in total. The Kier molecular flexibility index (Phi) is 6.69. The number of alkyl carbamates (subject to hydrolysis) is 1. The number of carboxylic acid groups (broad SMARTS) is 1. The molecule has 0 bridgehead atoms. The van der Waals surface area contributed by atoms with Gasteiger partial charge in [0, 0.05) is 12.3 Å². The summed E-state index contributed by atoms with van der Waals surface area (Å²) >= 11 is 0. The van der Waals surface area contributed by atoms with Crippen molar-refractivity contribution in [2.75, 3.05) is 6.61 Å². The molecule has 4 aromatic rings. The average Bonchev–Trinajstić information content (AvgIpc) is 3.25. The van der Waals surface area contributed by atoms with Crippen molar-refractivity contribution in [2.45, 2.75) is 18.4 Å². The predicted octanol–water partition coefficient (Wildman–Crippen LogP) is 5.76. The summed E-state index contributed by atoms with van der Waals surface area (Å²) in [4.78, 5) is 24.5. The summed E-state index contributed by atoms with van der Waals surface area (Å²) in [5.74, 6) is -1.25. The zero-order valence-corrected chi connectivity index (χ0v) is 19.9. The number of amides is 1. The van der Waals surface area contributed by atoms with Crippen molar-refractivity contribution in [1.82, 2.24) is 5.32 Å². The number of hydrogen-bond donors (Lipinski definition) is 2. The van der Waals surface area contributed by atoms with Gasteiger partial charge in [-0.25, -0.2) is 9.59 Å². The van der Waals surface area contributed by atoms with E-state index in [1.165, 1.54) is 0 Å². The van der Waals surface area contributed by atoms with E-state index in [1.54, 1.807) is 18.2 Å². The van der Waals surface area contributed by atoms with E-state index in [1.807, 2.05) is 66.7 Å². The van der Waals surface area contributed by atoms with Crippen molar-refractivity contribution < 1.29 is 19.4 Å². The van der Waals surface area contributed by atoms with Gasteiger partial charge in [0.05, 0.1) is 11.6 Å². The minimum absolute atomic E-state index is 0.0969. The van der Waals surface area contributed by atoms with E-state index >= 15 is 0 Å². The molecule has 6 nitrogen and oxygen atoms in total. The highest BCUT2D eigenvalue weighted by molar-refractivity contribution is 5.81. The topological polar surface area (TPSA) is 99.4 Å². The number of nitrogens with one attached hydrogen (secondary N) is 1. The number of ether oxygens (including phenoxy) is 1.